The second kappa shape index (κ2) is 8.01. The summed E-state index contributed by atoms with van der Waals surface area (Å²) < 4.78 is 15.9. The van der Waals surface area contributed by atoms with Crippen molar-refractivity contribution in [3.8, 4) is 22.8 Å². The molecule has 0 atom stereocenters. The zero-order valence-corrected chi connectivity index (χ0v) is 13.8. The van der Waals surface area contributed by atoms with Crippen LogP contribution in [0.2, 0.25) is 0 Å². The van der Waals surface area contributed by atoms with E-state index in [0.717, 1.165) is 17.1 Å². The summed E-state index contributed by atoms with van der Waals surface area (Å²) in [6.45, 7) is 0.747. The standard InChI is InChI=1S/C19H18N2O4/c1-23-15-9-7-14(8-10-15)18-13-17(21-25-18)19(22)20-11-12-24-16-5-3-2-4-6-16/h2-10,13H,11-12H2,1H3,(H,20,22). The molecule has 0 aliphatic carbocycles. The molecule has 1 aromatic heterocycles. The lowest BCUT2D eigenvalue weighted by Crippen LogP contribution is -2.28. The van der Waals surface area contributed by atoms with Crippen LogP contribution in [0.15, 0.2) is 65.2 Å². The molecular formula is C19H18N2O4. The average molecular weight is 338 g/mol. The number of carbonyl (C=O) groups is 1. The van der Waals surface area contributed by atoms with Crippen LogP contribution < -0.4 is 14.8 Å². The molecule has 1 heterocycles. The van der Waals surface area contributed by atoms with E-state index < -0.39 is 0 Å². The number of hydrogen-bond donors (Lipinski definition) is 1. The molecule has 1 amide bonds. The van der Waals surface area contributed by atoms with Crippen LogP contribution in [-0.2, 0) is 0 Å². The van der Waals surface area contributed by atoms with Gasteiger partial charge in [0.25, 0.3) is 5.91 Å². The summed E-state index contributed by atoms with van der Waals surface area (Å²) in [6, 6.07) is 18.4. The number of ether oxygens (including phenoxy) is 2. The number of benzene rings is 2. The number of rotatable bonds is 7. The van der Waals surface area contributed by atoms with Gasteiger partial charge in [-0.2, -0.15) is 0 Å². The van der Waals surface area contributed by atoms with Crippen LogP contribution in [-0.4, -0.2) is 31.3 Å². The number of hydrogen-bond acceptors (Lipinski definition) is 5. The Balaban J connectivity index is 1.51. The van der Waals surface area contributed by atoms with E-state index in [0.29, 0.717) is 18.9 Å². The maximum Gasteiger partial charge on any atom is 0.273 e. The minimum absolute atomic E-state index is 0.227. The summed E-state index contributed by atoms with van der Waals surface area (Å²) in [7, 11) is 1.60. The number of para-hydroxylation sites is 1. The normalized spacial score (nSPS) is 10.3. The highest BCUT2D eigenvalue weighted by Crippen LogP contribution is 2.23. The van der Waals surface area contributed by atoms with Gasteiger partial charge < -0.3 is 19.3 Å². The monoisotopic (exact) mass is 338 g/mol. The fourth-order valence-corrected chi connectivity index (χ4v) is 2.21. The molecule has 3 aromatic rings. The van der Waals surface area contributed by atoms with Crippen molar-refractivity contribution in [2.75, 3.05) is 20.3 Å². The first-order valence-electron chi connectivity index (χ1n) is 7.83. The van der Waals surface area contributed by atoms with Gasteiger partial charge in [0.2, 0.25) is 0 Å². The van der Waals surface area contributed by atoms with E-state index >= 15 is 0 Å². The van der Waals surface area contributed by atoms with Gasteiger partial charge in [-0.05, 0) is 36.4 Å². The van der Waals surface area contributed by atoms with Crippen molar-refractivity contribution in [2.45, 2.75) is 0 Å². The van der Waals surface area contributed by atoms with E-state index in [4.69, 9.17) is 14.0 Å². The molecule has 6 heteroatoms. The van der Waals surface area contributed by atoms with E-state index in [-0.39, 0.29) is 11.6 Å². The molecule has 6 nitrogen and oxygen atoms in total. The molecule has 0 bridgehead atoms. The van der Waals surface area contributed by atoms with Crippen LogP contribution in [0.3, 0.4) is 0 Å². The van der Waals surface area contributed by atoms with Crippen molar-refractivity contribution in [3.63, 3.8) is 0 Å². The highest BCUT2D eigenvalue weighted by atomic mass is 16.5. The lowest BCUT2D eigenvalue weighted by atomic mass is 10.1. The quantitative estimate of drug-likeness (QED) is 0.670. The third-order valence-electron chi connectivity index (χ3n) is 3.52. The second-order valence-corrected chi connectivity index (χ2v) is 5.22. The predicted octanol–water partition coefficient (Wildman–Crippen LogP) is 3.16. The summed E-state index contributed by atoms with van der Waals surface area (Å²) >= 11 is 0. The van der Waals surface area contributed by atoms with E-state index in [2.05, 4.69) is 10.5 Å². The summed E-state index contributed by atoms with van der Waals surface area (Å²) in [6.07, 6.45) is 0. The molecule has 0 spiro atoms. The first kappa shape index (κ1) is 16.6. The summed E-state index contributed by atoms with van der Waals surface area (Å²) in [5.74, 6) is 1.73. The van der Waals surface area contributed by atoms with Crippen LogP contribution in [0.25, 0.3) is 11.3 Å². The van der Waals surface area contributed by atoms with Crippen molar-refractivity contribution in [1.82, 2.24) is 10.5 Å². The first-order chi connectivity index (χ1) is 12.3. The first-order valence-corrected chi connectivity index (χ1v) is 7.83. The van der Waals surface area contributed by atoms with E-state index in [1.54, 1.807) is 13.2 Å². The van der Waals surface area contributed by atoms with Gasteiger partial charge in [-0.3, -0.25) is 4.79 Å². The maximum absolute atomic E-state index is 12.1. The SMILES string of the molecule is COc1ccc(-c2cc(C(=O)NCCOc3ccccc3)no2)cc1. The van der Waals surface area contributed by atoms with E-state index in [1.165, 1.54) is 0 Å². The number of aromatic nitrogens is 1. The smallest absolute Gasteiger partial charge is 0.273 e. The van der Waals surface area contributed by atoms with Gasteiger partial charge in [0.15, 0.2) is 11.5 Å². The molecule has 25 heavy (non-hydrogen) atoms. The summed E-state index contributed by atoms with van der Waals surface area (Å²) in [5.41, 5.74) is 1.05. The van der Waals surface area contributed by atoms with Gasteiger partial charge in [-0.25, -0.2) is 0 Å². The van der Waals surface area contributed by atoms with Gasteiger partial charge in [0, 0.05) is 11.6 Å². The second-order valence-electron chi connectivity index (χ2n) is 5.22. The van der Waals surface area contributed by atoms with Crippen LogP contribution >= 0.6 is 0 Å². The average Bonchev–Trinajstić information content (AvgIpc) is 3.16. The molecule has 0 radical (unpaired) electrons. The van der Waals surface area contributed by atoms with Gasteiger partial charge in [-0.15, -0.1) is 0 Å². The molecular weight excluding hydrogens is 320 g/mol. The van der Waals surface area contributed by atoms with Gasteiger partial charge in [-0.1, -0.05) is 23.4 Å². The number of nitrogens with zero attached hydrogens (tertiary/aromatic N) is 1. The van der Waals surface area contributed by atoms with Crippen LogP contribution in [0, 0.1) is 0 Å². The fourth-order valence-electron chi connectivity index (χ4n) is 2.21. The van der Waals surface area contributed by atoms with Crippen molar-refractivity contribution in [1.29, 1.82) is 0 Å². The van der Waals surface area contributed by atoms with Crippen LogP contribution in [0.4, 0.5) is 0 Å². The Morgan fingerprint density at radius 1 is 1.08 bits per heavy atom. The molecule has 3 rings (SSSR count). The third kappa shape index (κ3) is 4.38. The van der Waals surface area contributed by atoms with Crippen LogP contribution in [0.1, 0.15) is 10.5 Å². The Kier molecular flexibility index (Phi) is 5.31. The minimum Gasteiger partial charge on any atom is -0.497 e. The van der Waals surface area contributed by atoms with Crippen molar-refractivity contribution >= 4 is 5.91 Å². The van der Waals surface area contributed by atoms with Gasteiger partial charge in [0.05, 0.1) is 13.7 Å². The Hall–Kier alpha value is -3.28. The van der Waals surface area contributed by atoms with E-state index in [1.807, 2.05) is 54.6 Å². The lowest BCUT2D eigenvalue weighted by molar-refractivity contribution is 0.0938. The molecule has 0 saturated carbocycles. The predicted molar refractivity (Wildman–Crippen MR) is 92.8 cm³/mol. The lowest BCUT2D eigenvalue weighted by Gasteiger charge is -2.06. The molecule has 0 aliphatic heterocycles. The Bertz CT molecular complexity index is 813. The Labute approximate surface area is 145 Å². The molecule has 0 saturated heterocycles. The van der Waals surface area contributed by atoms with Crippen molar-refractivity contribution in [3.05, 3.63) is 66.4 Å². The highest BCUT2D eigenvalue weighted by Gasteiger charge is 2.13. The molecule has 0 unspecified atom stereocenters. The Morgan fingerprint density at radius 2 is 1.84 bits per heavy atom. The van der Waals surface area contributed by atoms with E-state index in [9.17, 15) is 4.79 Å². The zero-order valence-electron chi connectivity index (χ0n) is 13.8. The largest absolute Gasteiger partial charge is 0.497 e. The van der Waals surface area contributed by atoms with Gasteiger partial charge in [0.1, 0.15) is 18.1 Å². The van der Waals surface area contributed by atoms with Crippen LogP contribution in [0.5, 0.6) is 11.5 Å². The minimum atomic E-state index is -0.305. The zero-order chi connectivity index (χ0) is 17.5. The van der Waals surface area contributed by atoms with Gasteiger partial charge >= 0.3 is 0 Å². The fraction of sp³-hybridized carbons (Fsp3) is 0.158. The topological polar surface area (TPSA) is 73.6 Å². The maximum atomic E-state index is 12.1. The Morgan fingerprint density at radius 3 is 2.56 bits per heavy atom. The molecule has 2 aromatic carbocycles. The number of carbonyl (C=O) groups excluding carboxylic acids is 1. The molecule has 1 N–H and O–H groups in total. The molecule has 0 aliphatic rings. The number of methoxy groups -OCH3 is 1. The van der Waals surface area contributed by atoms with Crippen molar-refractivity contribution in [2.24, 2.45) is 0 Å². The van der Waals surface area contributed by atoms with Crippen molar-refractivity contribution < 1.29 is 18.8 Å². The third-order valence-corrected chi connectivity index (χ3v) is 3.52. The number of nitrogens with one attached hydrogen (secondary N) is 1. The number of amides is 1. The highest BCUT2D eigenvalue weighted by molar-refractivity contribution is 5.93. The summed E-state index contributed by atoms with van der Waals surface area (Å²) in [4.78, 5) is 12.1. The molecule has 128 valence electrons. The molecule has 0 fully saturated rings. The summed E-state index contributed by atoms with van der Waals surface area (Å²) in [5, 5.41) is 6.56.